The Morgan fingerprint density at radius 3 is 2.42 bits per heavy atom. The van der Waals surface area contributed by atoms with Gasteiger partial charge in [0.2, 0.25) is 10.0 Å². The summed E-state index contributed by atoms with van der Waals surface area (Å²) in [6.45, 7) is 2.06. The number of primary sulfonamides is 1. The highest BCUT2D eigenvalue weighted by Crippen LogP contribution is 2.28. The summed E-state index contributed by atoms with van der Waals surface area (Å²) < 4.78 is 27.7. The summed E-state index contributed by atoms with van der Waals surface area (Å²) in [5.41, 5.74) is 2.05. The molecule has 0 saturated heterocycles. The van der Waals surface area contributed by atoms with Crippen molar-refractivity contribution in [3.63, 3.8) is 0 Å². The molecule has 2 N–H and O–H groups in total. The molecule has 3 rings (SSSR count). The fourth-order valence-corrected chi connectivity index (χ4v) is 3.36. The molecule has 2 aromatic rings. The molecule has 1 aliphatic heterocycles. The molecule has 136 valence electrons. The average Bonchev–Trinajstić information content (AvgIpc) is 3.04. The lowest BCUT2D eigenvalue weighted by Crippen LogP contribution is -2.39. The van der Waals surface area contributed by atoms with Crippen LogP contribution in [0.15, 0.2) is 53.4 Å². The van der Waals surface area contributed by atoms with Crippen LogP contribution >= 0.6 is 0 Å². The van der Waals surface area contributed by atoms with E-state index in [0.29, 0.717) is 6.54 Å². The number of ether oxygens (including phenoxy) is 1. The van der Waals surface area contributed by atoms with E-state index in [9.17, 15) is 18.0 Å². The van der Waals surface area contributed by atoms with Crippen LogP contribution in [0.2, 0.25) is 0 Å². The van der Waals surface area contributed by atoms with Gasteiger partial charge < -0.3 is 9.64 Å². The molecule has 1 amide bonds. The Kier molecular flexibility index (Phi) is 4.80. The summed E-state index contributed by atoms with van der Waals surface area (Å²) in [6, 6.07) is 12.6. The van der Waals surface area contributed by atoms with Crippen molar-refractivity contribution in [1.82, 2.24) is 0 Å². The van der Waals surface area contributed by atoms with Crippen LogP contribution in [-0.2, 0) is 26.0 Å². The number of amides is 1. The quantitative estimate of drug-likeness (QED) is 0.816. The largest absolute Gasteiger partial charge is 0.449 e. The molecule has 1 heterocycles. The highest BCUT2D eigenvalue weighted by molar-refractivity contribution is 7.89. The van der Waals surface area contributed by atoms with Crippen molar-refractivity contribution in [3.05, 3.63) is 59.7 Å². The monoisotopic (exact) mass is 374 g/mol. The zero-order valence-corrected chi connectivity index (χ0v) is 14.9. The Morgan fingerprint density at radius 2 is 1.77 bits per heavy atom. The van der Waals surface area contributed by atoms with Gasteiger partial charge in [-0.3, -0.25) is 4.79 Å². The molecule has 0 saturated carbocycles. The van der Waals surface area contributed by atoms with E-state index in [1.807, 2.05) is 24.3 Å². The minimum atomic E-state index is -3.83. The third-order valence-corrected chi connectivity index (χ3v) is 5.13. The number of carbonyl (C=O) groups is 2. The van der Waals surface area contributed by atoms with Crippen LogP contribution in [0.25, 0.3) is 0 Å². The molecule has 1 aliphatic rings. The van der Waals surface area contributed by atoms with Gasteiger partial charge in [-0.2, -0.15) is 0 Å². The summed E-state index contributed by atoms with van der Waals surface area (Å²) in [5.74, 6) is -1.01. The van der Waals surface area contributed by atoms with E-state index in [0.717, 1.165) is 17.7 Å². The first kappa shape index (κ1) is 18.1. The lowest BCUT2D eigenvalue weighted by Gasteiger charge is -2.21. The van der Waals surface area contributed by atoms with Crippen molar-refractivity contribution >= 4 is 27.6 Å². The van der Waals surface area contributed by atoms with Gasteiger partial charge in [0.1, 0.15) is 0 Å². The Morgan fingerprint density at radius 1 is 1.12 bits per heavy atom. The minimum absolute atomic E-state index is 0.105. The van der Waals surface area contributed by atoms with Crippen LogP contribution in [0, 0.1) is 0 Å². The Bertz CT molecular complexity index is 954. The van der Waals surface area contributed by atoms with Gasteiger partial charge in [-0.25, -0.2) is 18.4 Å². The van der Waals surface area contributed by atoms with Crippen LogP contribution in [-0.4, -0.2) is 32.9 Å². The minimum Gasteiger partial charge on any atom is -0.449 e. The first-order valence-electron chi connectivity index (χ1n) is 8.00. The number of esters is 1. The van der Waals surface area contributed by atoms with Crippen molar-refractivity contribution in [2.45, 2.75) is 24.3 Å². The van der Waals surface area contributed by atoms with E-state index < -0.39 is 22.1 Å². The van der Waals surface area contributed by atoms with Gasteiger partial charge in [0.15, 0.2) is 6.10 Å². The maximum absolute atomic E-state index is 12.6. The number of para-hydroxylation sites is 1. The van der Waals surface area contributed by atoms with Gasteiger partial charge in [-0.1, -0.05) is 18.2 Å². The van der Waals surface area contributed by atoms with Crippen molar-refractivity contribution < 1.29 is 22.7 Å². The Hall–Kier alpha value is -2.71. The predicted molar refractivity (Wildman–Crippen MR) is 95.2 cm³/mol. The van der Waals surface area contributed by atoms with Gasteiger partial charge in [-0.05, 0) is 49.2 Å². The van der Waals surface area contributed by atoms with Gasteiger partial charge in [-0.15, -0.1) is 0 Å². The zero-order chi connectivity index (χ0) is 18.9. The van der Waals surface area contributed by atoms with Crippen molar-refractivity contribution in [2.75, 3.05) is 11.4 Å². The molecule has 0 bridgehead atoms. The number of hydrogen-bond acceptors (Lipinski definition) is 5. The maximum atomic E-state index is 12.6. The Balaban J connectivity index is 1.69. The number of benzene rings is 2. The third kappa shape index (κ3) is 3.61. The van der Waals surface area contributed by atoms with Crippen LogP contribution in [0.1, 0.15) is 22.8 Å². The molecule has 0 spiro atoms. The molecule has 1 atom stereocenters. The summed E-state index contributed by atoms with van der Waals surface area (Å²) in [7, 11) is -3.83. The molecular weight excluding hydrogens is 356 g/mol. The average molecular weight is 374 g/mol. The summed E-state index contributed by atoms with van der Waals surface area (Å²) in [4.78, 5) is 26.3. The molecule has 0 unspecified atom stereocenters. The smallest absolute Gasteiger partial charge is 0.338 e. The fourth-order valence-electron chi connectivity index (χ4n) is 2.85. The van der Waals surface area contributed by atoms with Gasteiger partial charge in [0.05, 0.1) is 10.5 Å². The molecule has 0 aromatic heterocycles. The van der Waals surface area contributed by atoms with Crippen LogP contribution < -0.4 is 10.0 Å². The topological polar surface area (TPSA) is 107 Å². The van der Waals surface area contributed by atoms with Gasteiger partial charge in [0.25, 0.3) is 5.91 Å². The van der Waals surface area contributed by atoms with Crippen molar-refractivity contribution in [2.24, 2.45) is 5.14 Å². The SMILES string of the molecule is C[C@H](OC(=O)c1ccc(S(N)(=O)=O)cc1)C(=O)N1CCc2ccccc21. The molecule has 26 heavy (non-hydrogen) atoms. The number of anilines is 1. The number of fused-ring (bicyclic) bond motifs is 1. The highest BCUT2D eigenvalue weighted by atomic mass is 32.2. The van der Waals surface area contributed by atoms with Crippen molar-refractivity contribution in [3.8, 4) is 0 Å². The number of hydrogen-bond donors (Lipinski definition) is 1. The van der Waals surface area contributed by atoms with E-state index in [1.54, 1.807) is 4.90 Å². The number of sulfonamides is 1. The van der Waals surface area contributed by atoms with E-state index in [2.05, 4.69) is 0 Å². The zero-order valence-electron chi connectivity index (χ0n) is 14.1. The van der Waals surface area contributed by atoms with Gasteiger partial charge in [0, 0.05) is 12.2 Å². The maximum Gasteiger partial charge on any atom is 0.338 e. The van der Waals surface area contributed by atoms with E-state index in [-0.39, 0.29) is 16.4 Å². The first-order chi connectivity index (χ1) is 12.3. The van der Waals surface area contributed by atoms with Crippen LogP contribution in [0.4, 0.5) is 5.69 Å². The molecule has 0 aliphatic carbocycles. The highest BCUT2D eigenvalue weighted by Gasteiger charge is 2.30. The second kappa shape index (κ2) is 6.89. The van der Waals surface area contributed by atoms with Gasteiger partial charge >= 0.3 is 5.97 Å². The molecule has 0 fully saturated rings. The van der Waals surface area contributed by atoms with Crippen LogP contribution in [0.5, 0.6) is 0 Å². The molecule has 8 heteroatoms. The lowest BCUT2D eigenvalue weighted by atomic mass is 10.2. The standard InChI is InChI=1S/C18H18N2O5S/c1-12(17(21)20-11-10-13-4-2-3-5-16(13)20)25-18(22)14-6-8-15(9-7-14)26(19,23)24/h2-9,12H,10-11H2,1H3,(H2,19,23,24)/t12-/m0/s1. The summed E-state index contributed by atoms with van der Waals surface area (Å²) in [6.07, 6.45) is -0.205. The molecule has 0 radical (unpaired) electrons. The predicted octanol–water partition coefficient (Wildman–Crippen LogP) is 1.47. The Labute approximate surface area is 151 Å². The molecular formula is C18H18N2O5S. The van der Waals surface area contributed by atoms with E-state index in [1.165, 1.54) is 31.2 Å². The fraction of sp³-hybridized carbons (Fsp3) is 0.222. The number of rotatable bonds is 4. The van der Waals surface area contributed by atoms with Crippen LogP contribution in [0.3, 0.4) is 0 Å². The number of carbonyl (C=O) groups excluding carboxylic acids is 2. The normalized spacial score (nSPS) is 14.6. The number of nitrogens with zero attached hydrogens (tertiary/aromatic N) is 1. The summed E-state index contributed by atoms with van der Waals surface area (Å²) >= 11 is 0. The van der Waals surface area contributed by atoms with Crippen molar-refractivity contribution in [1.29, 1.82) is 0 Å². The molecule has 7 nitrogen and oxygen atoms in total. The number of nitrogens with two attached hydrogens (primary N) is 1. The lowest BCUT2D eigenvalue weighted by molar-refractivity contribution is -0.126. The second-order valence-electron chi connectivity index (χ2n) is 5.99. The molecule has 2 aromatic carbocycles. The third-order valence-electron chi connectivity index (χ3n) is 4.20. The first-order valence-corrected chi connectivity index (χ1v) is 9.55. The summed E-state index contributed by atoms with van der Waals surface area (Å²) in [5, 5.41) is 5.02. The second-order valence-corrected chi connectivity index (χ2v) is 7.55. The van der Waals surface area contributed by atoms with E-state index in [4.69, 9.17) is 9.88 Å². The van der Waals surface area contributed by atoms with E-state index >= 15 is 0 Å².